The Morgan fingerprint density at radius 1 is 1.26 bits per heavy atom. The average Bonchev–Trinajstić information content (AvgIpc) is 3.28. The summed E-state index contributed by atoms with van der Waals surface area (Å²) >= 11 is 0. The average molecular weight is 370 g/mol. The molecule has 1 atom stereocenters. The molecule has 3 rings (SSSR count). The summed E-state index contributed by atoms with van der Waals surface area (Å²) in [6.07, 6.45) is 1.38. The Morgan fingerprint density at radius 2 is 1.96 bits per heavy atom. The zero-order valence-corrected chi connectivity index (χ0v) is 15.5. The van der Waals surface area contributed by atoms with Crippen LogP contribution in [0.1, 0.15) is 22.2 Å². The Bertz CT molecular complexity index is 853. The fraction of sp³-hybridized carbons (Fsp3) is 0.300. The molecular formula is C20H22N2O5. The standard InChI is InChI=1S/C20H22N2O5/c1-21(2)10-11-22-17(13-6-8-14(26-3)9-7-13)16(19(24)20(22)25)18(23)15-5-4-12-27-15/h4-9,12,17,24H,10-11H2,1-3H3. The summed E-state index contributed by atoms with van der Waals surface area (Å²) in [6, 6.07) is 9.50. The first kappa shape index (κ1) is 18.7. The maximum absolute atomic E-state index is 12.9. The lowest BCUT2D eigenvalue weighted by Gasteiger charge is -2.28. The van der Waals surface area contributed by atoms with E-state index in [0.29, 0.717) is 24.4 Å². The number of methoxy groups -OCH3 is 1. The van der Waals surface area contributed by atoms with Gasteiger partial charge in [-0.05, 0) is 43.9 Å². The number of ether oxygens (including phenoxy) is 1. The second-order valence-corrected chi connectivity index (χ2v) is 6.55. The summed E-state index contributed by atoms with van der Waals surface area (Å²) in [6.45, 7) is 0.954. The van der Waals surface area contributed by atoms with Gasteiger partial charge in [0.2, 0.25) is 5.78 Å². The van der Waals surface area contributed by atoms with Crippen LogP contribution in [0, 0.1) is 0 Å². The first-order valence-electron chi connectivity index (χ1n) is 8.55. The Morgan fingerprint density at radius 3 is 2.52 bits per heavy atom. The highest BCUT2D eigenvalue weighted by Gasteiger charge is 2.44. The van der Waals surface area contributed by atoms with Crippen LogP contribution in [0.5, 0.6) is 5.75 Å². The van der Waals surface area contributed by atoms with E-state index in [1.807, 2.05) is 19.0 Å². The fourth-order valence-corrected chi connectivity index (χ4v) is 3.10. The van der Waals surface area contributed by atoms with E-state index in [-0.39, 0.29) is 11.3 Å². The van der Waals surface area contributed by atoms with Gasteiger partial charge >= 0.3 is 0 Å². The second-order valence-electron chi connectivity index (χ2n) is 6.55. The smallest absolute Gasteiger partial charge is 0.290 e. The number of aliphatic hydroxyl groups excluding tert-OH is 1. The van der Waals surface area contributed by atoms with E-state index in [2.05, 4.69) is 0 Å². The molecule has 0 fully saturated rings. The zero-order valence-electron chi connectivity index (χ0n) is 15.5. The van der Waals surface area contributed by atoms with Crippen molar-refractivity contribution in [3.05, 3.63) is 65.3 Å². The third-order valence-electron chi connectivity index (χ3n) is 4.51. The summed E-state index contributed by atoms with van der Waals surface area (Å²) < 4.78 is 10.4. The Balaban J connectivity index is 2.04. The molecule has 7 nitrogen and oxygen atoms in total. The van der Waals surface area contributed by atoms with Gasteiger partial charge in [-0.15, -0.1) is 0 Å². The summed E-state index contributed by atoms with van der Waals surface area (Å²) in [7, 11) is 5.35. The predicted molar refractivity (Wildman–Crippen MR) is 98.7 cm³/mol. The van der Waals surface area contributed by atoms with Crippen molar-refractivity contribution in [3.8, 4) is 5.75 Å². The number of rotatable bonds is 7. The van der Waals surface area contributed by atoms with Crippen molar-refractivity contribution in [1.29, 1.82) is 0 Å². The topological polar surface area (TPSA) is 83.2 Å². The molecule has 2 aromatic rings. The van der Waals surface area contributed by atoms with Crippen LogP contribution in [0.4, 0.5) is 0 Å². The van der Waals surface area contributed by atoms with Crippen LogP contribution in [0.25, 0.3) is 0 Å². The first-order chi connectivity index (χ1) is 12.9. The van der Waals surface area contributed by atoms with Gasteiger partial charge in [0.15, 0.2) is 11.5 Å². The van der Waals surface area contributed by atoms with Crippen LogP contribution in [0.2, 0.25) is 0 Å². The Kier molecular flexibility index (Phi) is 5.32. The molecule has 0 spiro atoms. The summed E-state index contributed by atoms with van der Waals surface area (Å²) in [5, 5.41) is 10.5. The molecule has 1 aromatic carbocycles. The SMILES string of the molecule is COc1ccc(C2C(C(=O)c3ccco3)=C(O)C(=O)N2CCN(C)C)cc1. The van der Waals surface area contributed by atoms with Crippen molar-refractivity contribution in [3.63, 3.8) is 0 Å². The lowest BCUT2D eigenvalue weighted by molar-refractivity contribution is -0.129. The van der Waals surface area contributed by atoms with E-state index >= 15 is 0 Å². The lowest BCUT2D eigenvalue weighted by Crippen LogP contribution is -2.36. The number of benzene rings is 1. The summed E-state index contributed by atoms with van der Waals surface area (Å²) in [5.74, 6) is -0.852. The quantitative estimate of drug-likeness (QED) is 0.754. The van der Waals surface area contributed by atoms with Crippen molar-refractivity contribution in [1.82, 2.24) is 9.80 Å². The molecular weight excluding hydrogens is 348 g/mol. The number of hydrogen-bond acceptors (Lipinski definition) is 6. The third kappa shape index (κ3) is 3.59. The Labute approximate surface area is 157 Å². The van der Waals surface area contributed by atoms with Crippen LogP contribution >= 0.6 is 0 Å². The van der Waals surface area contributed by atoms with Crippen molar-refractivity contribution >= 4 is 11.7 Å². The molecule has 7 heteroatoms. The molecule has 0 aliphatic carbocycles. The molecule has 1 N–H and O–H groups in total. The molecule has 27 heavy (non-hydrogen) atoms. The van der Waals surface area contributed by atoms with Gasteiger partial charge < -0.3 is 24.1 Å². The van der Waals surface area contributed by atoms with E-state index in [4.69, 9.17) is 9.15 Å². The van der Waals surface area contributed by atoms with Gasteiger partial charge in [0.1, 0.15) is 5.75 Å². The number of carbonyl (C=O) groups is 2. The number of likely N-dealkylation sites (N-methyl/N-ethyl adjacent to an activating group) is 1. The molecule has 1 unspecified atom stereocenters. The van der Waals surface area contributed by atoms with Gasteiger partial charge in [0.05, 0.1) is 25.0 Å². The molecule has 1 aliphatic heterocycles. The van der Waals surface area contributed by atoms with Crippen LogP contribution in [0.15, 0.2) is 58.4 Å². The van der Waals surface area contributed by atoms with Crippen molar-refractivity contribution in [2.24, 2.45) is 0 Å². The zero-order chi connectivity index (χ0) is 19.6. The van der Waals surface area contributed by atoms with Gasteiger partial charge in [0, 0.05) is 13.1 Å². The van der Waals surface area contributed by atoms with E-state index in [9.17, 15) is 14.7 Å². The summed E-state index contributed by atoms with van der Waals surface area (Å²) in [4.78, 5) is 29.1. The molecule has 1 aliphatic rings. The Hall–Kier alpha value is -3.06. The highest BCUT2D eigenvalue weighted by Crippen LogP contribution is 2.39. The number of ketones is 1. The molecule has 0 saturated carbocycles. The van der Waals surface area contributed by atoms with Crippen LogP contribution < -0.4 is 4.74 Å². The molecule has 0 bridgehead atoms. The predicted octanol–water partition coefficient (Wildman–Crippen LogP) is 2.43. The number of furan rings is 1. The van der Waals surface area contributed by atoms with Crippen LogP contribution in [-0.2, 0) is 4.79 Å². The van der Waals surface area contributed by atoms with Gasteiger partial charge in [-0.2, -0.15) is 0 Å². The molecule has 0 radical (unpaired) electrons. The number of Topliss-reactive ketones (excluding diaryl/α,β-unsaturated/α-hetero) is 1. The van der Waals surface area contributed by atoms with E-state index in [0.717, 1.165) is 0 Å². The minimum absolute atomic E-state index is 0.0267. The van der Waals surface area contributed by atoms with E-state index in [1.54, 1.807) is 37.4 Å². The second kappa shape index (κ2) is 7.67. The highest BCUT2D eigenvalue weighted by atomic mass is 16.5. The van der Waals surface area contributed by atoms with Crippen molar-refractivity contribution < 1.29 is 23.8 Å². The van der Waals surface area contributed by atoms with Crippen molar-refractivity contribution in [2.45, 2.75) is 6.04 Å². The third-order valence-corrected chi connectivity index (χ3v) is 4.51. The molecule has 0 saturated heterocycles. The highest BCUT2D eigenvalue weighted by molar-refractivity contribution is 6.15. The minimum atomic E-state index is -0.694. The van der Waals surface area contributed by atoms with Gasteiger partial charge in [-0.1, -0.05) is 12.1 Å². The number of nitrogens with zero attached hydrogens (tertiary/aromatic N) is 2. The van der Waals surface area contributed by atoms with Gasteiger partial charge in [-0.25, -0.2) is 0 Å². The fourth-order valence-electron chi connectivity index (χ4n) is 3.10. The van der Waals surface area contributed by atoms with Gasteiger partial charge in [-0.3, -0.25) is 9.59 Å². The number of hydrogen-bond donors (Lipinski definition) is 1. The largest absolute Gasteiger partial charge is 0.503 e. The molecule has 1 amide bonds. The summed E-state index contributed by atoms with van der Waals surface area (Å²) in [5.41, 5.74) is 0.737. The molecule has 1 aromatic heterocycles. The van der Waals surface area contributed by atoms with Crippen molar-refractivity contribution in [2.75, 3.05) is 34.3 Å². The normalized spacial score (nSPS) is 17.1. The van der Waals surface area contributed by atoms with Crippen LogP contribution in [-0.4, -0.2) is 60.9 Å². The molecule has 142 valence electrons. The lowest BCUT2D eigenvalue weighted by atomic mass is 9.95. The van der Waals surface area contributed by atoms with E-state index < -0.39 is 23.5 Å². The monoisotopic (exact) mass is 370 g/mol. The maximum atomic E-state index is 12.9. The number of amides is 1. The number of carbonyl (C=O) groups excluding carboxylic acids is 2. The minimum Gasteiger partial charge on any atom is -0.503 e. The van der Waals surface area contributed by atoms with E-state index in [1.165, 1.54) is 17.2 Å². The molecule has 2 heterocycles. The van der Waals surface area contributed by atoms with Gasteiger partial charge in [0.25, 0.3) is 5.91 Å². The number of aliphatic hydroxyl groups is 1. The maximum Gasteiger partial charge on any atom is 0.290 e. The van der Waals surface area contributed by atoms with Crippen LogP contribution in [0.3, 0.4) is 0 Å². The first-order valence-corrected chi connectivity index (χ1v) is 8.55.